The first-order chi connectivity index (χ1) is 15.5. The zero-order valence-electron chi connectivity index (χ0n) is 17.0. The summed E-state index contributed by atoms with van der Waals surface area (Å²) >= 11 is 3.37. The Morgan fingerprint density at radius 2 is 1.62 bits per heavy atom. The van der Waals surface area contributed by atoms with Gasteiger partial charge in [-0.2, -0.15) is 0 Å². The average Bonchev–Trinajstić information content (AvgIpc) is 3.31. The van der Waals surface area contributed by atoms with Crippen molar-refractivity contribution in [1.82, 2.24) is 0 Å². The lowest BCUT2D eigenvalue weighted by atomic mass is 9.90. The molecule has 0 radical (unpaired) electrons. The molecule has 5 rings (SSSR count). The van der Waals surface area contributed by atoms with Gasteiger partial charge in [-0.25, -0.2) is 9.96 Å². The Kier molecular flexibility index (Phi) is 5.11. The molecular formula is C24H19BrN2O5. The maximum absolute atomic E-state index is 13.6. The number of rotatable bonds is 4. The van der Waals surface area contributed by atoms with Gasteiger partial charge in [0.25, 0.3) is 5.91 Å². The van der Waals surface area contributed by atoms with E-state index in [1.807, 2.05) is 30.3 Å². The van der Waals surface area contributed by atoms with Crippen molar-refractivity contribution in [1.29, 1.82) is 0 Å². The largest absolute Gasteiger partial charge is 0.504 e. The van der Waals surface area contributed by atoms with E-state index >= 15 is 0 Å². The van der Waals surface area contributed by atoms with Crippen molar-refractivity contribution in [2.24, 2.45) is 5.92 Å². The van der Waals surface area contributed by atoms with E-state index in [1.54, 1.807) is 47.5 Å². The number of benzene rings is 3. The molecule has 162 valence electrons. The quantitative estimate of drug-likeness (QED) is 0.547. The number of phenols is 1. The van der Waals surface area contributed by atoms with Gasteiger partial charge in [0.2, 0.25) is 5.91 Å². The van der Waals surface area contributed by atoms with Crippen LogP contribution in [0.2, 0.25) is 0 Å². The van der Waals surface area contributed by atoms with E-state index in [0.717, 1.165) is 9.37 Å². The Balaban J connectivity index is 1.62. The molecule has 0 spiro atoms. The van der Waals surface area contributed by atoms with E-state index in [4.69, 9.17) is 9.57 Å². The maximum atomic E-state index is 13.6. The van der Waals surface area contributed by atoms with E-state index in [-0.39, 0.29) is 17.4 Å². The van der Waals surface area contributed by atoms with Crippen LogP contribution in [0.25, 0.3) is 0 Å². The van der Waals surface area contributed by atoms with Gasteiger partial charge in [0.05, 0.1) is 18.5 Å². The van der Waals surface area contributed by atoms with Gasteiger partial charge in [-0.1, -0.05) is 46.3 Å². The number of ether oxygens (including phenoxy) is 1. The number of halogens is 1. The van der Waals surface area contributed by atoms with Crippen LogP contribution >= 0.6 is 15.9 Å². The van der Waals surface area contributed by atoms with Gasteiger partial charge in [0, 0.05) is 10.0 Å². The van der Waals surface area contributed by atoms with Crippen LogP contribution in [0.1, 0.15) is 11.6 Å². The van der Waals surface area contributed by atoms with E-state index in [2.05, 4.69) is 15.9 Å². The second-order valence-electron chi connectivity index (χ2n) is 7.54. The van der Waals surface area contributed by atoms with Crippen LogP contribution in [-0.2, 0) is 14.4 Å². The summed E-state index contributed by atoms with van der Waals surface area (Å²) in [6, 6.07) is 20.5. The number of phenolic OH excluding ortho intramolecular Hbond substituents is 1. The Morgan fingerprint density at radius 1 is 0.906 bits per heavy atom. The van der Waals surface area contributed by atoms with E-state index < -0.39 is 24.0 Å². The average molecular weight is 495 g/mol. The molecule has 2 fully saturated rings. The zero-order chi connectivity index (χ0) is 22.4. The number of nitrogens with zero attached hydrogens (tertiary/aromatic N) is 2. The van der Waals surface area contributed by atoms with Gasteiger partial charge in [-0.15, -0.1) is 0 Å². The third kappa shape index (κ3) is 3.14. The minimum absolute atomic E-state index is 0.0903. The number of hydroxylamine groups is 1. The highest BCUT2D eigenvalue weighted by molar-refractivity contribution is 9.10. The summed E-state index contributed by atoms with van der Waals surface area (Å²) in [5.41, 5.74) is 1.59. The SMILES string of the molecule is COc1cccc(C2C3C(=O)N(c4ccc(Br)cc4)C(=O)C3ON2c2ccccc2)c1O. The van der Waals surface area contributed by atoms with Crippen LogP contribution in [0.15, 0.2) is 77.3 Å². The molecule has 8 heteroatoms. The lowest BCUT2D eigenvalue weighted by Gasteiger charge is -2.29. The van der Waals surface area contributed by atoms with E-state index in [1.165, 1.54) is 7.11 Å². The number of carbonyl (C=O) groups excluding carboxylic acids is 2. The normalized spacial score (nSPS) is 22.4. The fourth-order valence-electron chi connectivity index (χ4n) is 4.32. The number of amides is 2. The highest BCUT2D eigenvalue weighted by Gasteiger charge is 2.60. The summed E-state index contributed by atoms with van der Waals surface area (Å²) < 4.78 is 6.11. The highest BCUT2D eigenvalue weighted by atomic mass is 79.9. The van der Waals surface area contributed by atoms with Crippen molar-refractivity contribution < 1.29 is 24.3 Å². The first-order valence-corrected chi connectivity index (χ1v) is 10.8. The lowest BCUT2D eigenvalue weighted by Crippen LogP contribution is -2.37. The second kappa shape index (κ2) is 7.96. The van der Waals surface area contributed by atoms with Crippen LogP contribution in [0.5, 0.6) is 11.5 Å². The smallest absolute Gasteiger partial charge is 0.266 e. The highest BCUT2D eigenvalue weighted by Crippen LogP contribution is 2.50. The zero-order valence-corrected chi connectivity index (χ0v) is 18.6. The topological polar surface area (TPSA) is 79.3 Å². The first kappa shape index (κ1) is 20.5. The Labute approximate surface area is 192 Å². The summed E-state index contributed by atoms with van der Waals surface area (Å²) in [5, 5.41) is 12.4. The molecule has 2 aliphatic rings. The number of fused-ring (bicyclic) bond motifs is 1. The van der Waals surface area contributed by atoms with Crippen molar-refractivity contribution in [2.75, 3.05) is 17.1 Å². The fraction of sp³-hybridized carbons (Fsp3) is 0.167. The van der Waals surface area contributed by atoms with Gasteiger partial charge in [-0.3, -0.25) is 14.4 Å². The molecule has 2 heterocycles. The molecule has 0 bridgehead atoms. The van der Waals surface area contributed by atoms with Crippen molar-refractivity contribution in [3.8, 4) is 11.5 Å². The van der Waals surface area contributed by atoms with Crippen molar-refractivity contribution in [3.63, 3.8) is 0 Å². The number of anilines is 2. The molecule has 0 aromatic heterocycles. The number of carbonyl (C=O) groups is 2. The molecule has 0 aliphatic carbocycles. The Hall–Kier alpha value is -3.36. The number of hydrogen-bond donors (Lipinski definition) is 1. The van der Waals surface area contributed by atoms with Crippen LogP contribution in [0.3, 0.4) is 0 Å². The molecule has 1 N–H and O–H groups in total. The number of aromatic hydroxyl groups is 1. The summed E-state index contributed by atoms with van der Waals surface area (Å²) in [5.74, 6) is -1.47. The van der Waals surface area contributed by atoms with Crippen LogP contribution in [0.4, 0.5) is 11.4 Å². The molecule has 3 aromatic rings. The van der Waals surface area contributed by atoms with Gasteiger partial charge in [-0.05, 0) is 42.5 Å². The number of methoxy groups -OCH3 is 1. The Morgan fingerprint density at radius 3 is 2.31 bits per heavy atom. The molecule has 7 nitrogen and oxygen atoms in total. The van der Waals surface area contributed by atoms with Crippen LogP contribution in [0, 0.1) is 5.92 Å². The minimum Gasteiger partial charge on any atom is -0.504 e. The summed E-state index contributed by atoms with van der Waals surface area (Å²) in [7, 11) is 1.46. The van der Waals surface area contributed by atoms with Crippen LogP contribution in [-0.4, -0.2) is 30.1 Å². The second-order valence-corrected chi connectivity index (χ2v) is 8.46. The molecule has 2 amide bonds. The minimum atomic E-state index is -1.01. The Bertz CT molecular complexity index is 1180. The standard InChI is InChI=1S/C24H19BrN2O5/c1-31-18-9-5-8-17(21(18)28)20-19-22(32-27(20)16-6-3-2-4-7-16)24(30)26(23(19)29)15-12-10-14(25)11-13-15/h2-13,19-20,22,28H,1H3. The van der Waals surface area contributed by atoms with Gasteiger partial charge < -0.3 is 9.84 Å². The number of hydrogen-bond acceptors (Lipinski definition) is 6. The lowest BCUT2D eigenvalue weighted by molar-refractivity contribution is -0.126. The van der Waals surface area contributed by atoms with Gasteiger partial charge in [0.1, 0.15) is 12.0 Å². The molecule has 3 atom stereocenters. The fourth-order valence-corrected chi connectivity index (χ4v) is 4.58. The number of imide groups is 1. The monoisotopic (exact) mass is 494 g/mol. The molecule has 32 heavy (non-hydrogen) atoms. The molecule has 0 saturated carbocycles. The van der Waals surface area contributed by atoms with Crippen molar-refractivity contribution in [3.05, 3.63) is 82.8 Å². The third-order valence-electron chi connectivity index (χ3n) is 5.78. The van der Waals surface area contributed by atoms with Gasteiger partial charge in [0.15, 0.2) is 17.6 Å². The van der Waals surface area contributed by atoms with Crippen molar-refractivity contribution >= 4 is 39.1 Å². The summed E-state index contributed by atoms with van der Waals surface area (Å²) in [4.78, 5) is 34.1. The van der Waals surface area contributed by atoms with Crippen LogP contribution < -0.4 is 14.7 Å². The predicted molar refractivity (Wildman–Crippen MR) is 121 cm³/mol. The summed E-state index contributed by atoms with van der Waals surface area (Å²) in [6.45, 7) is 0. The third-order valence-corrected chi connectivity index (χ3v) is 6.31. The number of para-hydroxylation sites is 2. The molecular weight excluding hydrogens is 476 g/mol. The molecule has 2 aliphatic heterocycles. The summed E-state index contributed by atoms with van der Waals surface area (Å²) in [6.07, 6.45) is -1.01. The maximum Gasteiger partial charge on any atom is 0.266 e. The molecule has 3 unspecified atom stereocenters. The first-order valence-electron chi connectivity index (χ1n) is 10.0. The molecule has 3 aromatic carbocycles. The van der Waals surface area contributed by atoms with Crippen molar-refractivity contribution in [2.45, 2.75) is 12.1 Å². The van der Waals surface area contributed by atoms with Gasteiger partial charge >= 0.3 is 0 Å². The van der Waals surface area contributed by atoms with E-state index in [9.17, 15) is 14.7 Å². The van der Waals surface area contributed by atoms with E-state index in [0.29, 0.717) is 16.9 Å². The molecule has 2 saturated heterocycles. The predicted octanol–water partition coefficient (Wildman–Crippen LogP) is 4.21.